The number of amides is 1. The number of rotatable bonds is 2. The maximum absolute atomic E-state index is 11.1. The Hall–Kier alpha value is -2.37. The number of aromatic nitrogens is 3. The quantitative estimate of drug-likeness (QED) is 0.687. The van der Waals surface area contributed by atoms with Crippen molar-refractivity contribution in [3.05, 3.63) is 36.2 Å². The van der Waals surface area contributed by atoms with E-state index in [1.54, 1.807) is 24.3 Å². The van der Waals surface area contributed by atoms with Crippen LogP contribution >= 0.6 is 0 Å². The Morgan fingerprint density at radius 3 is 2.73 bits per heavy atom. The van der Waals surface area contributed by atoms with Crippen molar-refractivity contribution >= 4 is 5.91 Å². The molecule has 0 saturated carbocycles. The smallest absolute Gasteiger partial charge is 0.249 e. The molecule has 0 bridgehead atoms. The Balaban J connectivity index is 2.63. The summed E-state index contributed by atoms with van der Waals surface area (Å²) >= 11 is 0. The summed E-state index contributed by atoms with van der Waals surface area (Å²) in [7, 11) is 0. The summed E-state index contributed by atoms with van der Waals surface area (Å²) in [6.07, 6.45) is 1.19. The lowest BCUT2D eigenvalue weighted by Crippen LogP contribution is -2.13. The molecule has 0 saturated heterocycles. The van der Waals surface area contributed by atoms with Crippen LogP contribution in [0, 0.1) is 0 Å². The molecule has 1 amide bonds. The van der Waals surface area contributed by atoms with Gasteiger partial charge in [0, 0.05) is 5.56 Å². The van der Waals surface area contributed by atoms with Gasteiger partial charge in [-0.1, -0.05) is 23.0 Å². The fraction of sp³-hybridized carbons (Fsp3) is 0. The van der Waals surface area contributed by atoms with Gasteiger partial charge in [-0.15, -0.1) is 5.10 Å². The van der Waals surface area contributed by atoms with E-state index < -0.39 is 5.91 Å². The van der Waals surface area contributed by atoms with E-state index in [4.69, 9.17) is 5.73 Å². The van der Waals surface area contributed by atoms with E-state index >= 15 is 0 Å². The lowest BCUT2D eigenvalue weighted by Gasteiger charge is -2.03. The number of nitrogens with zero attached hydrogens (tertiary/aromatic N) is 3. The van der Waals surface area contributed by atoms with E-state index in [1.165, 1.54) is 6.33 Å². The molecule has 0 radical (unpaired) electrons. The van der Waals surface area contributed by atoms with Crippen molar-refractivity contribution in [1.82, 2.24) is 14.9 Å². The van der Waals surface area contributed by atoms with Crippen LogP contribution in [-0.4, -0.2) is 26.0 Å². The van der Waals surface area contributed by atoms with E-state index in [9.17, 15) is 10.0 Å². The van der Waals surface area contributed by atoms with Crippen molar-refractivity contribution in [3.63, 3.8) is 0 Å². The van der Waals surface area contributed by atoms with Crippen LogP contribution in [0.1, 0.15) is 10.4 Å². The van der Waals surface area contributed by atoms with Crippen molar-refractivity contribution in [3.8, 4) is 11.4 Å². The van der Waals surface area contributed by atoms with Gasteiger partial charge in [0.05, 0.1) is 5.56 Å². The second kappa shape index (κ2) is 3.41. The molecule has 6 heteroatoms. The molecule has 0 atom stereocenters. The molecule has 2 aromatic rings. The van der Waals surface area contributed by atoms with Gasteiger partial charge in [0.25, 0.3) is 0 Å². The van der Waals surface area contributed by atoms with Crippen LogP contribution in [0.3, 0.4) is 0 Å². The van der Waals surface area contributed by atoms with Crippen molar-refractivity contribution in [1.29, 1.82) is 0 Å². The summed E-state index contributed by atoms with van der Waals surface area (Å²) < 4.78 is 0. The highest BCUT2D eigenvalue weighted by atomic mass is 16.5. The molecule has 1 aromatic heterocycles. The van der Waals surface area contributed by atoms with Crippen LogP contribution in [0.4, 0.5) is 0 Å². The highest BCUT2D eigenvalue weighted by Gasteiger charge is 2.13. The van der Waals surface area contributed by atoms with Crippen LogP contribution in [-0.2, 0) is 0 Å². The average molecular weight is 204 g/mol. The molecular weight excluding hydrogens is 196 g/mol. The predicted octanol–water partition coefficient (Wildman–Crippen LogP) is 0.281. The minimum atomic E-state index is -0.575. The Bertz CT molecular complexity index is 506. The number of benzene rings is 1. The first-order valence-electron chi connectivity index (χ1n) is 4.18. The molecule has 3 N–H and O–H groups in total. The van der Waals surface area contributed by atoms with Gasteiger partial charge < -0.3 is 10.9 Å². The lowest BCUT2D eigenvalue weighted by molar-refractivity contribution is 0.100. The third kappa shape index (κ3) is 1.52. The second-order valence-corrected chi connectivity index (χ2v) is 2.88. The van der Waals surface area contributed by atoms with Gasteiger partial charge in [-0.25, -0.2) is 4.98 Å². The van der Waals surface area contributed by atoms with Gasteiger partial charge in [0.15, 0.2) is 5.82 Å². The molecule has 15 heavy (non-hydrogen) atoms. The fourth-order valence-electron chi connectivity index (χ4n) is 1.31. The number of hydrogen-bond acceptors (Lipinski definition) is 4. The van der Waals surface area contributed by atoms with E-state index in [0.29, 0.717) is 16.0 Å². The molecule has 76 valence electrons. The standard InChI is InChI=1S/C9H8N4O2/c10-8(14)6-3-1-2-4-7(6)9-11-5-12-13(9)15/h1-5,15H,(H2,10,14). The van der Waals surface area contributed by atoms with Crippen LogP contribution < -0.4 is 5.73 Å². The molecular formula is C9H8N4O2. The molecule has 2 rings (SSSR count). The number of primary amides is 1. The Kier molecular flexibility index (Phi) is 2.09. The molecule has 1 aromatic carbocycles. The summed E-state index contributed by atoms with van der Waals surface area (Å²) in [6, 6.07) is 6.60. The van der Waals surface area contributed by atoms with Crippen molar-refractivity contribution in [2.75, 3.05) is 0 Å². The molecule has 0 spiro atoms. The summed E-state index contributed by atoms with van der Waals surface area (Å²) in [5.74, 6) is -0.391. The van der Waals surface area contributed by atoms with Crippen LogP contribution in [0.5, 0.6) is 0 Å². The van der Waals surface area contributed by atoms with Crippen LogP contribution in [0.25, 0.3) is 11.4 Å². The lowest BCUT2D eigenvalue weighted by atomic mass is 10.1. The van der Waals surface area contributed by atoms with Crippen molar-refractivity contribution in [2.24, 2.45) is 5.73 Å². The first-order valence-corrected chi connectivity index (χ1v) is 4.18. The largest absolute Gasteiger partial charge is 0.410 e. The van der Waals surface area contributed by atoms with Crippen LogP contribution in [0.2, 0.25) is 0 Å². The third-order valence-corrected chi connectivity index (χ3v) is 1.96. The summed E-state index contributed by atoms with van der Waals surface area (Å²) in [4.78, 5) is 15.5. The SMILES string of the molecule is NC(=O)c1ccccc1-c1ncnn1O. The zero-order valence-corrected chi connectivity index (χ0v) is 7.66. The maximum atomic E-state index is 11.1. The van der Waals surface area contributed by atoms with E-state index in [2.05, 4.69) is 10.1 Å². The molecule has 0 fully saturated rings. The maximum Gasteiger partial charge on any atom is 0.249 e. The molecule has 0 aliphatic heterocycles. The third-order valence-electron chi connectivity index (χ3n) is 1.96. The predicted molar refractivity (Wildman–Crippen MR) is 51.2 cm³/mol. The molecule has 1 heterocycles. The highest BCUT2D eigenvalue weighted by molar-refractivity contribution is 5.98. The second-order valence-electron chi connectivity index (χ2n) is 2.88. The Labute approximate surface area is 84.9 Å². The van der Waals surface area contributed by atoms with Gasteiger partial charge >= 0.3 is 0 Å². The Morgan fingerprint density at radius 1 is 1.40 bits per heavy atom. The Morgan fingerprint density at radius 2 is 2.13 bits per heavy atom. The van der Waals surface area contributed by atoms with Crippen molar-refractivity contribution in [2.45, 2.75) is 0 Å². The van der Waals surface area contributed by atoms with E-state index in [1.807, 2.05) is 0 Å². The number of hydrogen-bond donors (Lipinski definition) is 2. The van der Waals surface area contributed by atoms with E-state index in [-0.39, 0.29) is 5.82 Å². The molecule has 0 aliphatic rings. The van der Waals surface area contributed by atoms with Gasteiger partial charge in [-0.2, -0.15) is 0 Å². The first kappa shape index (κ1) is 9.20. The average Bonchev–Trinajstić information content (AvgIpc) is 2.64. The minimum absolute atomic E-state index is 0.185. The normalized spacial score (nSPS) is 10.1. The monoisotopic (exact) mass is 204 g/mol. The highest BCUT2D eigenvalue weighted by Crippen LogP contribution is 2.19. The van der Waals surface area contributed by atoms with Gasteiger partial charge in [0.1, 0.15) is 6.33 Å². The topological polar surface area (TPSA) is 94.0 Å². The first-order chi connectivity index (χ1) is 7.20. The van der Waals surface area contributed by atoms with Gasteiger partial charge in [-0.3, -0.25) is 4.79 Å². The van der Waals surface area contributed by atoms with Crippen molar-refractivity contribution < 1.29 is 10.0 Å². The molecule has 0 unspecified atom stereocenters. The summed E-state index contributed by atoms with van der Waals surface area (Å²) in [6.45, 7) is 0. The van der Waals surface area contributed by atoms with Gasteiger partial charge in [0.2, 0.25) is 5.91 Å². The molecule has 6 nitrogen and oxygen atoms in total. The summed E-state index contributed by atoms with van der Waals surface area (Å²) in [5.41, 5.74) is 5.93. The zero-order chi connectivity index (χ0) is 10.8. The van der Waals surface area contributed by atoms with E-state index in [0.717, 1.165) is 0 Å². The fourth-order valence-corrected chi connectivity index (χ4v) is 1.31. The number of carbonyl (C=O) groups excluding carboxylic acids is 1. The number of nitrogens with two attached hydrogens (primary N) is 1. The number of carbonyl (C=O) groups is 1. The summed E-state index contributed by atoms with van der Waals surface area (Å²) in [5, 5.41) is 12.8. The molecule has 0 aliphatic carbocycles. The van der Waals surface area contributed by atoms with Gasteiger partial charge in [-0.05, 0) is 6.07 Å². The minimum Gasteiger partial charge on any atom is -0.410 e. The zero-order valence-electron chi connectivity index (χ0n) is 7.66. The van der Waals surface area contributed by atoms with Crippen LogP contribution in [0.15, 0.2) is 30.6 Å².